The maximum Gasteiger partial charge on any atom is 0.211 e. The second-order valence-electron chi connectivity index (χ2n) is 3.89. The summed E-state index contributed by atoms with van der Waals surface area (Å²) in [4.78, 5) is 2.06. The summed E-state index contributed by atoms with van der Waals surface area (Å²) in [5.41, 5.74) is 2.21. The van der Waals surface area contributed by atoms with E-state index >= 15 is 0 Å². The highest BCUT2D eigenvalue weighted by atomic mass is 32.2. The van der Waals surface area contributed by atoms with E-state index in [0.29, 0.717) is 0 Å². The van der Waals surface area contributed by atoms with Crippen LogP contribution in [0.25, 0.3) is 0 Å². The zero-order valence-electron chi connectivity index (χ0n) is 10.6. The molecule has 0 atom stereocenters. The first-order chi connectivity index (χ1) is 8.70. The predicted octanol–water partition coefficient (Wildman–Crippen LogP) is 1.95. The van der Waals surface area contributed by atoms with E-state index in [-0.39, 0.29) is 0 Å². The van der Waals surface area contributed by atoms with Crippen LogP contribution < -0.4 is 4.90 Å². The van der Waals surface area contributed by atoms with Crippen molar-refractivity contribution in [2.24, 2.45) is 5.10 Å². The molecule has 0 aliphatic carbocycles. The SMILES string of the molecule is CSc1nncn1/N=C\c1ccc(N(C)C)cc1. The summed E-state index contributed by atoms with van der Waals surface area (Å²) in [7, 11) is 4.04. The van der Waals surface area contributed by atoms with Crippen LogP contribution in [0.2, 0.25) is 0 Å². The molecule has 0 spiro atoms. The monoisotopic (exact) mass is 261 g/mol. The number of rotatable bonds is 4. The molecule has 5 nitrogen and oxygen atoms in total. The fraction of sp³-hybridized carbons (Fsp3) is 0.250. The molecule has 6 heteroatoms. The van der Waals surface area contributed by atoms with Gasteiger partial charge in [0.05, 0.1) is 6.21 Å². The maximum absolute atomic E-state index is 4.31. The summed E-state index contributed by atoms with van der Waals surface area (Å²) in [6, 6.07) is 8.18. The van der Waals surface area contributed by atoms with Crippen molar-refractivity contribution in [3.8, 4) is 0 Å². The molecule has 0 aliphatic rings. The van der Waals surface area contributed by atoms with Gasteiger partial charge >= 0.3 is 0 Å². The molecular formula is C12H15N5S. The minimum Gasteiger partial charge on any atom is -0.378 e. The number of anilines is 1. The van der Waals surface area contributed by atoms with Gasteiger partial charge in [-0.25, -0.2) is 0 Å². The van der Waals surface area contributed by atoms with Gasteiger partial charge in [0.1, 0.15) is 6.33 Å². The molecule has 0 saturated carbocycles. The van der Waals surface area contributed by atoms with Crippen LogP contribution >= 0.6 is 11.8 Å². The third-order valence-corrected chi connectivity index (χ3v) is 3.06. The van der Waals surface area contributed by atoms with E-state index < -0.39 is 0 Å². The van der Waals surface area contributed by atoms with Crippen molar-refractivity contribution < 1.29 is 0 Å². The zero-order chi connectivity index (χ0) is 13.0. The highest BCUT2D eigenvalue weighted by Gasteiger charge is 1.99. The molecule has 0 N–H and O–H groups in total. The normalized spacial score (nSPS) is 11.1. The van der Waals surface area contributed by atoms with E-state index in [1.54, 1.807) is 17.2 Å². The van der Waals surface area contributed by atoms with E-state index in [4.69, 9.17) is 0 Å². The number of hydrogen-bond acceptors (Lipinski definition) is 5. The molecule has 0 aliphatic heterocycles. The van der Waals surface area contributed by atoms with Crippen molar-refractivity contribution >= 4 is 23.7 Å². The fourth-order valence-corrected chi connectivity index (χ4v) is 1.83. The summed E-state index contributed by atoms with van der Waals surface area (Å²) < 4.78 is 1.66. The van der Waals surface area contributed by atoms with Gasteiger partial charge < -0.3 is 4.90 Å². The quantitative estimate of drug-likeness (QED) is 0.623. The van der Waals surface area contributed by atoms with E-state index in [1.165, 1.54) is 17.4 Å². The Kier molecular flexibility index (Phi) is 3.99. The Morgan fingerprint density at radius 1 is 1.28 bits per heavy atom. The van der Waals surface area contributed by atoms with Crippen LogP contribution in [0, 0.1) is 0 Å². The fourth-order valence-electron chi connectivity index (χ4n) is 1.42. The van der Waals surface area contributed by atoms with Gasteiger partial charge in [-0.05, 0) is 24.0 Å². The molecule has 0 unspecified atom stereocenters. The molecule has 0 fully saturated rings. The molecule has 1 heterocycles. The maximum atomic E-state index is 4.31. The molecular weight excluding hydrogens is 246 g/mol. The topological polar surface area (TPSA) is 46.3 Å². The van der Waals surface area contributed by atoms with E-state index in [0.717, 1.165) is 10.7 Å². The molecule has 2 aromatic rings. The van der Waals surface area contributed by atoms with Crippen LogP contribution in [0.1, 0.15) is 5.56 Å². The Labute approximate surface area is 111 Å². The van der Waals surface area contributed by atoms with Gasteiger partial charge in [0, 0.05) is 19.8 Å². The second kappa shape index (κ2) is 5.68. The first-order valence-electron chi connectivity index (χ1n) is 5.46. The van der Waals surface area contributed by atoms with Crippen molar-refractivity contribution in [1.82, 2.24) is 14.9 Å². The predicted molar refractivity (Wildman–Crippen MR) is 75.6 cm³/mol. The number of nitrogens with zero attached hydrogens (tertiary/aromatic N) is 5. The largest absolute Gasteiger partial charge is 0.378 e. The van der Waals surface area contributed by atoms with Crippen LogP contribution in [0.15, 0.2) is 40.9 Å². The highest BCUT2D eigenvalue weighted by molar-refractivity contribution is 7.98. The average Bonchev–Trinajstić information content (AvgIpc) is 2.84. The third kappa shape index (κ3) is 2.89. The third-order valence-electron chi connectivity index (χ3n) is 2.42. The van der Waals surface area contributed by atoms with Crippen molar-refractivity contribution in [2.75, 3.05) is 25.3 Å². The first-order valence-corrected chi connectivity index (χ1v) is 6.69. The Hall–Kier alpha value is -1.82. The summed E-state index contributed by atoms with van der Waals surface area (Å²) in [5.74, 6) is 0. The smallest absolute Gasteiger partial charge is 0.211 e. The molecule has 0 amide bonds. The van der Waals surface area contributed by atoms with Crippen molar-refractivity contribution in [1.29, 1.82) is 0 Å². The standard InChI is InChI=1S/C12H15N5S/c1-16(2)11-6-4-10(5-7-11)8-14-17-9-13-15-12(17)18-3/h4-9H,1-3H3/b14-8-. The van der Waals surface area contributed by atoms with Crippen molar-refractivity contribution in [3.63, 3.8) is 0 Å². The van der Waals surface area contributed by atoms with E-state index in [9.17, 15) is 0 Å². The van der Waals surface area contributed by atoms with Gasteiger partial charge in [0.15, 0.2) is 0 Å². The van der Waals surface area contributed by atoms with Gasteiger partial charge in [-0.2, -0.15) is 9.78 Å². The van der Waals surface area contributed by atoms with Gasteiger partial charge in [0.25, 0.3) is 0 Å². The Balaban J connectivity index is 2.14. The summed E-state index contributed by atoms with van der Waals surface area (Å²) in [6.07, 6.45) is 5.33. The van der Waals surface area contributed by atoms with E-state index in [2.05, 4.69) is 32.3 Å². The molecule has 0 bridgehead atoms. The Morgan fingerprint density at radius 2 is 2.00 bits per heavy atom. The molecule has 2 rings (SSSR count). The lowest BCUT2D eigenvalue weighted by molar-refractivity contribution is 0.768. The van der Waals surface area contributed by atoms with Crippen LogP contribution in [0.4, 0.5) is 5.69 Å². The second-order valence-corrected chi connectivity index (χ2v) is 4.67. The average molecular weight is 261 g/mol. The van der Waals surface area contributed by atoms with Crippen LogP contribution in [0.3, 0.4) is 0 Å². The zero-order valence-corrected chi connectivity index (χ0v) is 11.4. The highest BCUT2D eigenvalue weighted by Crippen LogP contribution is 2.12. The lowest BCUT2D eigenvalue weighted by Crippen LogP contribution is -2.08. The summed E-state index contributed by atoms with van der Waals surface area (Å²) >= 11 is 1.51. The van der Waals surface area contributed by atoms with Crippen molar-refractivity contribution in [3.05, 3.63) is 36.2 Å². The van der Waals surface area contributed by atoms with E-state index in [1.807, 2.05) is 32.5 Å². The molecule has 0 saturated heterocycles. The lowest BCUT2D eigenvalue weighted by Gasteiger charge is -2.11. The van der Waals surface area contributed by atoms with Gasteiger partial charge in [-0.15, -0.1) is 10.2 Å². The first kappa shape index (κ1) is 12.6. The number of thioether (sulfide) groups is 1. The van der Waals surface area contributed by atoms with Crippen LogP contribution in [-0.2, 0) is 0 Å². The summed E-state index contributed by atoms with van der Waals surface area (Å²) in [5, 5.41) is 12.8. The molecule has 0 radical (unpaired) electrons. The Bertz CT molecular complexity index is 530. The number of benzene rings is 1. The lowest BCUT2D eigenvalue weighted by atomic mass is 10.2. The minimum atomic E-state index is 0.774. The minimum absolute atomic E-state index is 0.774. The summed E-state index contributed by atoms with van der Waals surface area (Å²) in [6.45, 7) is 0. The van der Waals surface area contributed by atoms with Gasteiger partial charge in [-0.3, -0.25) is 0 Å². The number of hydrogen-bond donors (Lipinski definition) is 0. The molecule has 1 aromatic carbocycles. The molecule has 1 aromatic heterocycles. The molecule has 94 valence electrons. The van der Waals surface area contributed by atoms with Crippen LogP contribution in [-0.4, -0.2) is 41.4 Å². The van der Waals surface area contributed by atoms with Gasteiger partial charge in [0.2, 0.25) is 5.16 Å². The molecule has 18 heavy (non-hydrogen) atoms. The van der Waals surface area contributed by atoms with Crippen molar-refractivity contribution in [2.45, 2.75) is 5.16 Å². The van der Waals surface area contributed by atoms with Gasteiger partial charge in [-0.1, -0.05) is 23.9 Å². The Morgan fingerprint density at radius 3 is 2.61 bits per heavy atom. The van der Waals surface area contributed by atoms with Crippen LogP contribution in [0.5, 0.6) is 0 Å². The number of aromatic nitrogens is 3.